The maximum atomic E-state index is 12.5. The monoisotopic (exact) mass is 345 g/mol. The molecule has 0 saturated heterocycles. The smallest absolute Gasteiger partial charge is 0.341 e. The molecular formula is C19H23NO5. The number of rotatable bonds is 0. The van der Waals surface area contributed by atoms with Gasteiger partial charge in [-0.05, 0) is 43.5 Å². The first kappa shape index (κ1) is 18.9. The van der Waals surface area contributed by atoms with Crippen molar-refractivity contribution in [3.63, 3.8) is 0 Å². The molecular weight excluding hydrogens is 322 g/mol. The maximum Gasteiger partial charge on any atom is 0.341 e. The van der Waals surface area contributed by atoms with Crippen LogP contribution in [0.5, 0.6) is 0 Å². The molecule has 0 unspecified atom stereocenters. The van der Waals surface area contributed by atoms with Crippen LogP contribution in [0.15, 0.2) is 30.4 Å². The Kier molecular flexibility index (Phi) is 6.12. The first-order valence-corrected chi connectivity index (χ1v) is 8.13. The Morgan fingerprint density at radius 2 is 1.80 bits per heavy atom. The van der Waals surface area contributed by atoms with Gasteiger partial charge in [-0.15, -0.1) is 0 Å². The van der Waals surface area contributed by atoms with E-state index in [0.29, 0.717) is 17.7 Å². The average Bonchev–Trinajstić information content (AvgIpc) is 2.52. The molecule has 0 aromatic heterocycles. The highest BCUT2D eigenvalue weighted by atomic mass is 16.5. The van der Waals surface area contributed by atoms with Gasteiger partial charge < -0.3 is 20.7 Å². The third-order valence-electron chi connectivity index (χ3n) is 3.94. The first-order valence-electron chi connectivity index (χ1n) is 8.13. The number of carbonyl (C=O) groups excluding carboxylic acids is 2. The first-order chi connectivity index (χ1) is 11.8. The molecule has 134 valence electrons. The fourth-order valence-corrected chi connectivity index (χ4v) is 2.63. The van der Waals surface area contributed by atoms with Crippen LogP contribution < -0.4 is 5.73 Å². The number of esters is 1. The van der Waals surface area contributed by atoms with E-state index in [1.165, 1.54) is 12.2 Å². The van der Waals surface area contributed by atoms with Gasteiger partial charge in [-0.3, -0.25) is 4.79 Å². The Morgan fingerprint density at radius 3 is 2.52 bits per heavy atom. The molecule has 2 rings (SSSR count). The van der Waals surface area contributed by atoms with Crippen molar-refractivity contribution in [1.29, 1.82) is 0 Å². The van der Waals surface area contributed by atoms with Crippen LogP contribution >= 0.6 is 0 Å². The van der Waals surface area contributed by atoms with E-state index in [0.717, 1.165) is 5.56 Å². The normalized spacial score (nSPS) is 26.5. The number of hydrogen-bond acceptors (Lipinski definition) is 6. The van der Waals surface area contributed by atoms with Crippen LogP contribution in [0.3, 0.4) is 0 Å². The summed E-state index contributed by atoms with van der Waals surface area (Å²) in [5.74, 6) is -1.13. The van der Waals surface area contributed by atoms with Crippen LogP contribution in [0.4, 0.5) is 5.69 Å². The van der Waals surface area contributed by atoms with Crippen molar-refractivity contribution in [2.45, 2.75) is 45.0 Å². The van der Waals surface area contributed by atoms with Crippen molar-refractivity contribution in [3.8, 4) is 0 Å². The summed E-state index contributed by atoms with van der Waals surface area (Å²) in [6.45, 7) is 3.55. The highest BCUT2D eigenvalue weighted by Gasteiger charge is 2.22. The van der Waals surface area contributed by atoms with Crippen LogP contribution in [0.2, 0.25) is 0 Å². The van der Waals surface area contributed by atoms with Crippen LogP contribution in [0.1, 0.15) is 41.3 Å². The summed E-state index contributed by atoms with van der Waals surface area (Å²) in [7, 11) is 0. The fraction of sp³-hybridized carbons (Fsp3) is 0.368. The van der Waals surface area contributed by atoms with Crippen molar-refractivity contribution in [3.05, 3.63) is 47.1 Å². The van der Waals surface area contributed by atoms with Gasteiger partial charge in [-0.25, -0.2) is 4.79 Å². The molecule has 1 aliphatic rings. The van der Waals surface area contributed by atoms with Gasteiger partial charge in [0.05, 0.1) is 11.7 Å². The molecule has 4 N–H and O–H groups in total. The van der Waals surface area contributed by atoms with Gasteiger partial charge in [-0.2, -0.15) is 0 Å². The number of ether oxygens (including phenoxy) is 1. The van der Waals surface area contributed by atoms with Gasteiger partial charge in [0.1, 0.15) is 12.2 Å². The summed E-state index contributed by atoms with van der Waals surface area (Å²) in [6, 6.07) is 3.48. The second kappa shape index (κ2) is 8.09. The number of nitrogen functional groups attached to an aromatic ring is 1. The van der Waals surface area contributed by atoms with Gasteiger partial charge in [-0.1, -0.05) is 24.3 Å². The van der Waals surface area contributed by atoms with Gasteiger partial charge in [0, 0.05) is 12.1 Å². The minimum atomic E-state index is -1.50. The van der Waals surface area contributed by atoms with E-state index in [9.17, 15) is 19.8 Å². The van der Waals surface area contributed by atoms with E-state index in [2.05, 4.69) is 0 Å². The Balaban J connectivity index is 2.43. The lowest BCUT2D eigenvalue weighted by Crippen LogP contribution is -2.32. The number of carbonyl (C=O) groups is 2. The van der Waals surface area contributed by atoms with Crippen molar-refractivity contribution in [2.75, 3.05) is 5.73 Å². The second-order valence-corrected chi connectivity index (χ2v) is 6.22. The minimum Gasteiger partial charge on any atom is -0.459 e. The molecule has 0 aliphatic carbocycles. The lowest BCUT2D eigenvalue weighted by molar-refractivity contribution is -0.127. The molecule has 0 bridgehead atoms. The fourth-order valence-electron chi connectivity index (χ4n) is 2.63. The lowest BCUT2D eigenvalue weighted by Gasteiger charge is -2.17. The summed E-state index contributed by atoms with van der Waals surface area (Å²) >= 11 is 0. The number of aliphatic hydroxyl groups excluding tert-OH is 2. The molecule has 3 atom stereocenters. The van der Waals surface area contributed by atoms with E-state index in [4.69, 9.17) is 10.5 Å². The molecule has 25 heavy (non-hydrogen) atoms. The molecule has 0 saturated carbocycles. The zero-order chi connectivity index (χ0) is 18.6. The number of aliphatic hydroxyl groups is 2. The van der Waals surface area contributed by atoms with Gasteiger partial charge >= 0.3 is 5.97 Å². The third-order valence-corrected chi connectivity index (χ3v) is 3.94. The Hall–Kier alpha value is -2.44. The molecule has 0 fully saturated rings. The van der Waals surface area contributed by atoms with Crippen molar-refractivity contribution >= 4 is 23.5 Å². The molecule has 1 heterocycles. The lowest BCUT2D eigenvalue weighted by atomic mass is 10.00. The Bertz CT molecular complexity index is 723. The number of nitrogens with two attached hydrogens (primary N) is 1. The predicted octanol–water partition coefficient (Wildman–Crippen LogP) is 1.78. The molecule has 1 aromatic carbocycles. The summed E-state index contributed by atoms with van der Waals surface area (Å²) in [5, 5.41) is 19.8. The molecule has 0 amide bonds. The molecule has 6 heteroatoms. The summed E-state index contributed by atoms with van der Waals surface area (Å²) < 4.78 is 5.40. The van der Waals surface area contributed by atoms with Gasteiger partial charge in [0.15, 0.2) is 5.78 Å². The van der Waals surface area contributed by atoms with Gasteiger partial charge in [0.25, 0.3) is 0 Å². The van der Waals surface area contributed by atoms with Crippen molar-refractivity contribution < 1.29 is 24.5 Å². The van der Waals surface area contributed by atoms with E-state index < -0.39 is 30.1 Å². The summed E-state index contributed by atoms with van der Waals surface area (Å²) in [4.78, 5) is 24.3. The number of benzene rings is 1. The molecule has 1 aromatic rings. The zero-order valence-corrected chi connectivity index (χ0v) is 14.3. The summed E-state index contributed by atoms with van der Waals surface area (Å²) in [5.41, 5.74) is 8.02. The molecule has 1 aliphatic heterocycles. The number of aryl methyl sites for hydroxylation is 1. The topological polar surface area (TPSA) is 110 Å². The summed E-state index contributed by atoms with van der Waals surface area (Å²) in [6.07, 6.45) is 3.08. The molecule has 0 radical (unpaired) electrons. The highest BCUT2D eigenvalue weighted by molar-refractivity contribution is 5.99. The number of cyclic esters (lactones) is 1. The number of ketones is 1. The van der Waals surface area contributed by atoms with Crippen LogP contribution in [-0.4, -0.2) is 40.3 Å². The Labute approximate surface area is 146 Å². The van der Waals surface area contributed by atoms with Gasteiger partial charge in [0.2, 0.25) is 0 Å². The SMILES string of the molecule is Cc1cc(N)c2c(c1)C=CC[C@H](O)[C@H](O)C(=O)/C=C\C[C@H](C)OC2=O. The predicted molar refractivity (Wildman–Crippen MR) is 94.9 cm³/mol. The van der Waals surface area contributed by atoms with Crippen LogP contribution in [0.25, 0.3) is 6.08 Å². The Morgan fingerprint density at radius 1 is 1.12 bits per heavy atom. The molecule has 0 spiro atoms. The van der Waals surface area contributed by atoms with E-state index in [1.807, 2.05) is 6.92 Å². The number of hydrogen-bond donors (Lipinski definition) is 3. The second-order valence-electron chi connectivity index (χ2n) is 6.22. The van der Waals surface area contributed by atoms with Crippen LogP contribution in [-0.2, 0) is 9.53 Å². The maximum absolute atomic E-state index is 12.5. The standard InChI is InChI=1S/C19H23NO5/c1-11-9-13-6-4-8-16(22)18(23)15(21)7-3-5-12(2)25-19(24)17(13)14(20)10-11/h3-4,6-7,9-10,12,16,18,22-23H,5,8,20H2,1-2H3/b6-4?,7-3-/t12-,16-,18+/m0/s1. The molecule has 6 nitrogen and oxygen atoms in total. The number of anilines is 1. The van der Waals surface area contributed by atoms with E-state index in [1.54, 1.807) is 31.2 Å². The van der Waals surface area contributed by atoms with E-state index in [-0.39, 0.29) is 12.0 Å². The highest BCUT2D eigenvalue weighted by Crippen LogP contribution is 2.24. The van der Waals surface area contributed by atoms with Crippen LogP contribution in [0, 0.1) is 6.92 Å². The zero-order valence-electron chi connectivity index (χ0n) is 14.3. The average molecular weight is 345 g/mol. The number of fused-ring (bicyclic) bond motifs is 1. The van der Waals surface area contributed by atoms with E-state index >= 15 is 0 Å². The largest absolute Gasteiger partial charge is 0.459 e. The van der Waals surface area contributed by atoms with Crippen molar-refractivity contribution in [2.24, 2.45) is 0 Å². The van der Waals surface area contributed by atoms with Crippen molar-refractivity contribution in [1.82, 2.24) is 0 Å². The minimum absolute atomic E-state index is 0.0550. The quantitative estimate of drug-likeness (QED) is 0.488. The third kappa shape index (κ3) is 4.78.